The Kier molecular flexibility index (Phi) is 6.20. The van der Waals surface area contributed by atoms with Gasteiger partial charge in [-0.3, -0.25) is 4.79 Å². The number of aryl methyl sites for hydroxylation is 1. The first kappa shape index (κ1) is 19.0. The maximum atomic E-state index is 12.6. The summed E-state index contributed by atoms with van der Waals surface area (Å²) in [4.78, 5) is 24.4. The normalized spacial score (nSPS) is 10.5. The van der Waals surface area contributed by atoms with Gasteiger partial charge in [-0.05, 0) is 62.7 Å². The van der Waals surface area contributed by atoms with Gasteiger partial charge in [0.2, 0.25) is 0 Å². The molecule has 0 aliphatic rings. The molecular weight excluding hydrogens is 386 g/mol. The molecule has 5 nitrogen and oxygen atoms in total. The first-order chi connectivity index (χ1) is 11.8. The number of ether oxygens (including phenoxy) is 2. The lowest BCUT2D eigenvalue weighted by Crippen LogP contribution is -2.14. The standard InChI is InChI=1S/C19H20BrNO4/c1-11(2)25-19(23)13-5-7-15(8-6-13)21-18(22)16-10-14(20)9-12(3)17(16)24-4/h5-11H,1-4H3,(H,21,22). The molecule has 2 rings (SSSR count). The Labute approximate surface area is 155 Å². The molecule has 2 aromatic rings. The highest BCUT2D eigenvalue weighted by atomic mass is 79.9. The summed E-state index contributed by atoms with van der Waals surface area (Å²) in [6.45, 7) is 5.45. The molecule has 0 saturated carbocycles. The lowest BCUT2D eigenvalue weighted by molar-refractivity contribution is 0.0378. The molecule has 0 aliphatic carbocycles. The molecule has 0 atom stereocenters. The number of hydrogen-bond donors (Lipinski definition) is 1. The van der Waals surface area contributed by atoms with E-state index in [0.717, 1.165) is 10.0 Å². The van der Waals surface area contributed by atoms with Gasteiger partial charge in [-0.2, -0.15) is 0 Å². The topological polar surface area (TPSA) is 64.6 Å². The second-order valence-corrected chi connectivity index (χ2v) is 6.70. The Morgan fingerprint density at radius 3 is 2.32 bits per heavy atom. The van der Waals surface area contributed by atoms with E-state index in [1.807, 2.05) is 13.0 Å². The van der Waals surface area contributed by atoms with Gasteiger partial charge in [-0.25, -0.2) is 4.79 Å². The third kappa shape index (κ3) is 4.82. The zero-order valence-electron chi connectivity index (χ0n) is 14.6. The SMILES string of the molecule is COc1c(C)cc(Br)cc1C(=O)Nc1ccc(C(=O)OC(C)C)cc1. The number of rotatable bonds is 5. The van der Waals surface area contributed by atoms with Gasteiger partial charge in [0.15, 0.2) is 0 Å². The smallest absolute Gasteiger partial charge is 0.338 e. The summed E-state index contributed by atoms with van der Waals surface area (Å²) >= 11 is 3.39. The molecule has 0 bridgehead atoms. The molecule has 132 valence electrons. The number of anilines is 1. The average molecular weight is 406 g/mol. The van der Waals surface area contributed by atoms with Crippen molar-refractivity contribution in [3.05, 3.63) is 57.6 Å². The minimum atomic E-state index is -0.392. The predicted octanol–water partition coefficient (Wildman–Crippen LogP) is 4.58. The molecule has 2 aromatic carbocycles. The Balaban J connectivity index is 2.18. The fourth-order valence-corrected chi connectivity index (χ4v) is 2.91. The third-order valence-corrected chi connectivity index (χ3v) is 3.87. The van der Waals surface area contributed by atoms with E-state index in [2.05, 4.69) is 21.2 Å². The van der Waals surface area contributed by atoms with Gasteiger partial charge in [0.05, 0.1) is 24.3 Å². The number of nitrogens with one attached hydrogen (secondary N) is 1. The van der Waals surface area contributed by atoms with Crippen LogP contribution in [0.4, 0.5) is 5.69 Å². The van der Waals surface area contributed by atoms with Gasteiger partial charge in [-0.1, -0.05) is 15.9 Å². The zero-order valence-corrected chi connectivity index (χ0v) is 16.1. The number of carbonyl (C=O) groups is 2. The Hall–Kier alpha value is -2.34. The Bertz CT molecular complexity index is 785. The molecule has 0 unspecified atom stereocenters. The first-order valence-electron chi connectivity index (χ1n) is 7.78. The van der Waals surface area contributed by atoms with Crippen LogP contribution in [0.2, 0.25) is 0 Å². The van der Waals surface area contributed by atoms with E-state index >= 15 is 0 Å². The lowest BCUT2D eigenvalue weighted by Gasteiger charge is -2.13. The summed E-state index contributed by atoms with van der Waals surface area (Å²) < 4.78 is 11.3. The van der Waals surface area contributed by atoms with E-state index in [1.54, 1.807) is 44.2 Å². The van der Waals surface area contributed by atoms with Crippen molar-refractivity contribution in [1.82, 2.24) is 0 Å². The number of hydrogen-bond acceptors (Lipinski definition) is 4. The van der Waals surface area contributed by atoms with E-state index in [0.29, 0.717) is 22.6 Å². The van der Waals surface area contributed by atoms with Gasteiger partial charge in [0, 0.05) is 10.2 Å². The van der Waals surface area contributed by atoms with Crippen LogP contribution < -0.4 is 10.1 Å². The van der Waals surface area contributed by atoms with Crippen molar-refractivity contribution in [3.8, 4) is 5.75 Å². The fraction of sp³-hybridized carbons (Fsp3) is 0.263. The monoisotopic (exact) mass is 405 g/mol. The fourth-order valence-electron chi connectivity index (χ4n) is 2.34. The quantitative estimate of drug-likeness (QED) is 0.739. The van der Waals surface area contributed by atoms with E-state index in [1.165, 1.54) is 7.11 Å². The molecule has 0 spiro atoms. The average Bonchev–Trinajstić information content (AvgIpc) is 2.54. The molecule has 1 N–H and O–H groups in total. The maximum Gasteiger partial charge on any atom is 0.338 e. The predicted molar refractivity (Wildman–Crippen MR) is 100 cm³/mol. The molecule has 0 aromatic heterocycles. The summed E-state index contributed by atoms with van der Waals surface area (Å²) in [5.74, 6) is -0.159. The summed E-state index contributed by atoms with van der Waals surface area (Å²) in [5.41, 5.74) is 2.29. The third-order valence-electron chi connectivity index (χ3n) is 3.41. The highest BCUT2D eigenvalue weighted by molar-refractivity contribution is 9.10. The Morgan fingerprint density at radius 1 is 1.12 bits per heavy atom. The van der Waals surface area contributed by atoms with Crippen LogP contribution in [0, 0.1) is 6.92 Å². The highest BCUT2D eigenvalue weighted by Gasteiger charge is 2.16. The van der Waals surface area contributed by atoms with E-state index in [9.17, 15) is 9.59 Å². The molecule has 6 heteroatoms. The van der Waals surface area contributed by atoms with Crippen molar-refractivity contribution < 1.29 is 19.1 Å². The largest absolute Gasteiger partial charge is 0.496 e. The van der Waals surface area contributed by atoms with Crippen molar-refractivity contribution in [2.24, 2.45) is 0 Å². The van der Waals surface area contributed by atoms with Gasteiger partial charge in [0.25, 0.3) is 5.91 Å². The van der Waals surface area contributed by atoms with Gasteiger partial charge < -0.3 is 14.8 Å². The maximum absolute atomic E-state index is 12.6. The number of carbonyl (C=O) groups excluding carboxylic acids is 2. The van der Waals surface area contributed by atoms with Crippen LogP contribution in [0.3, 0.4) is 0 Å². The Morgan fingerprint density at radius 2 is 1.76 bits per heavy atom. The van der Waals surface area contributed by atoms with Crippen LogP contribution in [-0.2, 0) is 4.74 Å². The summed E-state index contributed by atoms with van der Waals surface area (Å²) in [5, 5.41) is 2.80. The van der Waals surface area contributed by atoms with E-state index in [4.69, 9.17) is 9.47 Å². The number of benzene rings is 2. The highest BCUT2D eigenvalue weighted by Crippen LogP contribution is 2.28. The van der Waals surface area contributed by atoms with Gasteiger partial charge in [-0.15, -0.1) is 0 Å². The summed E-state index contributed by atoms with van der Waals surface area (Å²) in [6, 6.07) is 10.1. The minimum Gasteiger partial charge on any atom is -0.496 e. The molecule has 0 aliphatic heterocycles. The van der Waals surface area contributed by atoms with Crippen LogP contribution in [0.1, 0.15) is 40.1 Å². The number of esters is 1. The zero-order chi connectivity index (χ0) is 18.6. The van der Waals surface area contributed by atoms with E-state index in [-0.39, 0.29) is 12.0 Å². The van der Waals surface area contributed by atoms with Crippen molar-refractivity contribution in [2.45, 2.75) is 26.9 Å². The van der Waals surface area contributed by atoms with Crippen LogP contribution in [0.5, 0.6) is 5.75 Å². The molecular formula is C19H20BrNO4. The van der Waals surface area contributed by atoms with Crippen molar-refractivity contribution in [3.63, 3.8) is 0 Å². The molecule has 0 fully saturated rings. The molecule has 0 radical (unpaired) electrons. The van der Waals surface area contributed by atoms with Gasteiger partial charge >= 0.3 is 5.97 Å². The molecule has 1 amide bonds. The summed E-state index contributed by atoms with van der Waals surface area (Å²) in [6.07, 6.45) is -0.181. The minimum absolute atomic E-state index is 0.181. The van der Waals surface area contributed by atoms with Crippen LogP contribution in [0.15, 0.2) is 40.9 Å². The van der Waals surface area contributed by atoms with Crippen LogP contribution >= 0.6 is 15.9 Å². The van der Waals surface area contributed by atoms with Gasteiger partial charge in [0.1, 0.15) is 5.75 Å². The molecule has 0 heterocycles. The molecule has 0 saturated heterocycles. The lowest BCUT2D eigenvalue weighted by atomic mass is 10.1. The van der Waals surface area contributed by atoms with Crippen LogP contribution in [-0.4, -0.2) is 25.1 Å². The van der Waals surface area contributed by atoms with Crippen molar-refractivity contribution in [2.75, 3.05) is 12.4 Å². The van der Waals surface area contributed by atoms with Crippen LogP contribution in [0.25, 0.3) is 0 Å². The molecule has 25 heavy (non-hydrogen) atoms. The number of methoxy groups -OCH3 is 1. The second kappa shape index (κ2) is 8.16. The van der Waals surface area contributed by atoms with Crippen molar-refractivity contribution in [1.29, 1.82) is 0 Å². The second-order valence-electron chi connectivity index (χ2n) is 5.79. The summed E-state index contributed by atoms with van der Waals surface area (Å²) in [7, 11) is 1.53. The number of amides is 1. The number of halogens is 1. The van der Waals surface area contributed by atoms with Crippen molar-refractivity contribution >= 4 is 33.5 Å². The van der Waals surface area contributed by atoms with E-state index < -0.39 is 5.97 Å². The first-order valence-corrected chi connectivity index (χ1v) is 8.57.